The van der Waals surface area contributed by atoms with E-state index in [4.69, 9.17) is 17.3 Å². The molecule has 2 aromatic carbocycles. The Hall–Kier alpha value is -3.89. The van der Waals surface area contributed by atoms with Crippen molar-refractivity contribution in [1.82, 2.24) is 20.1 Å². The van der Waals surface area contributed by atoms with Gasteiger partial charge < -0.3 is 16.2 Å². The van der Waals surface area contributed by atoms with Crippen molar-refractivity contribution in [3.05, 3.63) is 88.6 Å². The fourth-order valence-electron chi connectivity index (χ4n) is 3.78. The van der Waals surface area contributed by atoms with Crippen LogP contribution in [0.25, 0.3) is 22.3 Å². The normalized spacial score (nSPS) is 12.1. The average Bonchev–Trinajstić information content (AvgIpc) is 3.24. The summed E-state index contributed by atoms with van der Waals surface area (Å²) in [6, 6.07) is 11.3. The number of anilines is 1. The van der Waals surface area contributed by atoms with Crippen LogP contribution in [-0.2, 0) is 0 Å². The summed E-state index contributed by atoms with van der Waals surface area (Å²) in [4.78, 5) is 16.9. The molecule has 0 spiro atoms. The zero-order chi connectivity index (χ0) is 26.0. The highest BCUT2D eigenvalue weighted by Crippen LogP contribution is 2.32. The number of nitrogens with two attached hydrogens (primary N) is 1. The van der Waals surface area contributed by atoms with E-state index in [9.17, 15) is 18.7 Å². The number of nitrogens with one attached hydrogen (secondary N) is 1. The predicted octanol–water partition coefficient (Wildman–Crippen LogP) is 5.15. The van der Waals surface area contributed by atoms with Gasteiger partial charge in [-0.25, -0.2) is 14.1 Å². The molecule has 0 fully saturated rings. The van der Waals surface area contributed by atoms with E-state index in [0.29, 0.717) is 43.2 Å². The number of aromatic nitrogens is 3. The Labute approximate surface area is 209 Å². The molecule has 0 radical (unpaired) electrons. The highest BCUT2D eigenvalue weighted by molar-refractivity contribution is 6.30. The number of carbonyl (C=O) groups is 1. The lowest BCUT2D eigenvalue weighted by molar-refractivity contribution is 0.0563. The molecule has 0 aliphatic carbocycles. The summed E-state index contributed by atoms with van der Waals surface area (Å²) in [6.07, 6.45) is 2.62. The van der Waals surface area contributed by atoms with Gasteiger partial charge in [0.05, 0.1) is 23.9 Å². The van der Waals surface area contributed by atoms with Crippen molar-refractivity contribution in [3.63, 3.8) is 0 Å². The highest BCUT2D eigenvalue weighted by Gasteiger charge is 2.20. The van der Waals surface area contributed by atoms with Crippen LogP contribution in [0.4, 0.5) is 19.0 Å². The van der Waals surface area contributed by atoms with Gasteiger partial charge in [-0.2, -0.15) is 13.9 Å². The van der Waals surface area contributed by atoms with E-state index in [0.717, 1.165) is 6.07 Å². The third-order valence-electron chi connectivity index (χ3n) is 5.61. The largest absolute Gasteiger partial charge is 0.394 e. The van der Waals surface area contributed by atoms with Gasteiger partial charge in [-0.15, -0.1) is 0 Å². The SMILES string of the molecule is Cc1nn(C(F)F)cc1-c1cnc(N)c(-c2ccc(C(=O)N[C@H](CO)c3cccc(Cl)c3)c(F)c2)c1. The fraction of sp³-hybridized carbons (Fsp3) is 0.160. The summed E-state index contributed by atoms with van der Waals surface area (Å²) in [6.45, 7) is -1.63. The molecule has 1 amide bonds. The second-order valence-electron chi connectivity index (χ2n) is 8.00. The Morgan fingerprint density at radius 2 is 1.94 bits per heavy atom. The summed E-state index contributed by atoms with van der Waals surface area (Å²) in [5.74, 6) is -1.46. The molecule has 1 atom stereocenters. The summed E-state index contributed by atoms with van der Waals surface area (Å²) >= 11 is 5.98. The molecule has 11 heteroatoms. The van der Waals surface area contributed by atoms with E-state index in [1.165, 1.54) is 24.5 Å². The van der Waals surface area contributed by atoms with Gasteiger partial charge in [0.25, 0.3) is 5.91 Å². The van der Waals surface area contributed by atoms with Gasteiger partial charge in [0.15, 0.2) is 0 Å². The van der Waals surface area contributed by atoms with E-state index < -0.39 is 30.9 Å². The number of nitrogen functional groups attached to an aromatic ring is 1. The van der Waals surface area contributed by atoms with Crippen LogP contribution in [0.15, 0.2) is 60.9 Å². The number of hydrogen-bond acceptors (Lipinski definition) is 5. The van der Waals surface area contributed by atoms with Gasteiger partial charge in [-0.3, -0.25) is 4.79 Å². The Kier molecular flexibility index (Phi) is 7.27. The van der Waals surface area contributed by atoms with Crippen molar-refractivity contribution in [2.75, 3.05) is 12.3 Å². The number of pyridine rings is 1. The zero-order valence-corrected chi connectivity index (χ0v) is 19.7. The zero-order valence-electron chi connectivity index (χ0n) is 18.9. The lowest BCUT2D eigenvalue weighted by atomic mass is 9.99. The first-order valence-electron chi connectivity index (χ1n) is 10.7. The van der Waals surface area contributed by atoms with Crippen molar-refractivity contribution >= 4 is 23.3 Å². The third-order valence-corrected chi connectivity index (χ3v) is 5.84. The number of halogens is 4. The molecule has 186 valence electrons. The Morgan fingerprint density at radius 1 is 1.17 bits per heavy atom. The summed E-state index contributed by atoms with van der Waals surface area (Å²) < 4.78 is 41.6. The fourth-order valence-corrected chi connectivity index (χ4v) is 3.98. The van der Waals surface area contributed by atoms with Crippen LogP contribution < -0.4 is 11.1 Å². The molecule has 0 aliphatic rings. The summed E-state index contributed by atoms with van der Waals surface area (Å²) in [5.41, 5.74) is 8.29. The van der Waals surface area contributed by atoms with E-state index >= 15 is 4.39 Å². The average molecular weight is 516 g/mol. The molecule has 0 aliphatic heterocycles. The number of nitrogens with zero attached hydrogens (tertiary/aromatic N) is 3. The van der Waals surface area contributed by atoms with Crippen LogP contribution >= 0.6 is 11.6 Å². The molecular formula is C25H21ClF3N5O2. The third kappa shape index (κ3) is 5.19. The number of aliphatic hydroxyl groups is 1. The number of amides is 1. The van der Waals surface area contributed by atoms with Crippen molar-refractivity contribution < 1.29 is 23.1 Å². The molecule has 4 aromatic rings. The van der Waals surface area contributed by atoms with Gasteiger partial charge >= 0.3 is 6.55 Å². The predicted molar refractivity (Wildman–Crippen MR) is 130 cm³/mol. The Morgan fingerprint density at radius 3 is 2.58 bits per heavy atom. The highest BCUT2D eigenvalue weighted by atomic mass is 35.5. The van der Waals surface area contributed by atoms with Gasteiger partial charge in [-0.05, 0) is 48.4 Å². The topological polar surface area (TPSA) is 106 Å². The van der Waals surface area contributed by atoms with Gasteiger partial charge in [-0.1, -0.05) is 29.8 Å². The molecule has 0 bridgehead atoms. The molecule has 0 saturated carbocycles. The molecule has 4 N–H and O–H groups in total. The molecule has 36 heavy (non-hydrogen) atoms. The van der Waals surface area contributed by atoms with Gasteiger partial charge in [0.2, 0.25) is 0 Å². The number of benzene rings is 2. The minimum atomic E-state index is -2.80. The maximum Gasteiger partial charge on any atom is 0.333 e. The van der Waals surface area contributed by atoms with Crippen LogP contribution in [0.1, 0.15) is 34.2 Å². The maximum atomic E-state index is 15.0. The van der Waals surface area contributed by atoms with Crippen LogP contribution in [0, 0.1) is 12.7 Å². The minimum Gasteiger partial charge on any atom is -0.394 e. The molecule has 4 rings (SSSR count). The van der Waals surface area contributed by atoms with Crippen LogP contribution in [0.3, 0.4) is 0 Å². The van der Waals surface area contributed by atoms with Crippen molar-refractivity contribution in [1.29, 1.82) is 0 Å². The van der Waals surface area contributed by atoms with E-state index in [1.54, 1.807) is 37.3 Å². The molecule has 0 saturated heterocycles. The van der Waals surface area contributed by atoms with E-state index in [-0.39, 0.29) is 11.4 Å². The number of carbonyl (C=O) groups excluding carboxylic acids is 1. The van der Waals surface area contributed by atoms with Gasteiger partial charge in [0.1, 0.15) is 11.6 Å². The van der Waals surface area contributed by atoms with Crippen LogP contribution in [0.2, 0.25) is 5.02 Å². The second-order valence-corrected chi connectivity index (χ2v) is 8.44. The summed E-state index contributed by atoms with van der Waals surface area (Å²) in [7, 11) is 0. The molecule has 7 nitrogen and oxygen atoms in total. The first kappa shape index (κ1) is 25.2. The molecule has 0 unspecified atom stereocenters. The molecule has 2 aromatic heterocycles. The van der Waals surface area contributed by atoms with Crippen molar-refractivity contribution in [3.8, 4) is 22.3 Å². The first-order valence-corrected chi connectivity index (χ1v) is 11.1. The standard InChI is InChI=1S/C25H21ClF3N5O2/c1-13-20(11-34(33-13)25(28)29)16-8-19(23(30)31-10-16)14-5-6-18(21(27)9-14)24(36)32-22(12-35)15-3-2-4-17(26)7-15/h2-11,22,25,35H,12H2,1H3,(H2,30,31)(H,32,36)/t22-/m1/s1. The van der Waals surface area contributed by atoms with Crippen molar-refractivity contribution in [2.45, 2.75) is 19.5 Å². The number of aliphatic hydroxyl groups excluding tert-OH is 1. The van der Waals surface area contributed by atoms with Crippen LogP contribution in [-0.4, -0.2) is 32.4 Å². The number of rotatable bonds is 7. The Bertz CT molecular complexity index is 1430. The lowest BCUT2D eigenvalue weighted by Crippen LogP contribution is -2.31. The molecular weight excluding hydrogens is 495 g/mol. The van der Waals surface area contributed by atoms with Gasteiger partial charge in [0, 0.05) is 34.1 Å². The second kappa shape index (κ2) is 10.4. The van der Waals surface area contributed by atoms with Crippen molar-refractivity contribution in [2.24, 2.45) is 0 Å². The minimum absolute atomic E-state index is 0.0931. The smallest absolute Gasteiger partial charge is 0.333 e. The first-order chi connectivity index (χ1) is 17.2. The lowest BCUT2D eigenvalue weighted by Gasteiger charge is -2.17. The van der Waals surface area contributed by atoms with E-state index in [2.05, 4.69) is 15.4 Å². The number of aryl methyl sites for hydroxylation is 1. The quantitative estimate of drug-likeness (QED) is 0.315. The van der Waals surface area contributed by atoms with E-state index in [1.807, 2.05) is 0 Å². The Balaban J connectivity index is 1.62. The van der Waals surface area contributed by atoms with Crippen LogP contribution in [0.5, 0.6) is 0 Å². The molecule has 2 heterocycles. The number of alkyl halides is 2. The monoisotopic (exact) mass is 515 g/mol. The summed E-state index contributed by atoms with van der Waals surface area (Å²) in [5, 5.41) is 16.5. The maximum absolute atomic E-state index is 15.0. The number of hydrogen-bond donors (Lipinski definition) is 3.